The molecule has 0 atom stereocenters. The summed E-state index contributed by atoms with van der Waals surface area (Å²) in [5.41, 5.74) is 5.47. The molecule has 3 aromatic carbocycles. The van der Waals surface area contributed by atoms with Crippen molar-refractivity contribution < 1.29 is 13.7 Å². The van der Waals surface area contributed by atoms with E-state index in [9.17, 15) is 4.21 Å². The minimum atomic E-state index is 0.438. The van der Waals surface area contributed by atoms with Crippen LogP contribution in [0.3, 0.4) is 0 Å². The molecule has 2 aromatic heterocycles. The molecule has 7 nitrogen and oxygen atoms in total. The molecule has 0 bridgehead atoms. The zero-order valence-electron chi connectivity index (χ0n) is 18.9. The molecule has 2 heterocycles. The second-order valence-electron chi connectivity index (χ2n) is 7.74. The summed E-state index contributed by atoms with van der Waals surface area (Å²) < 4.78 is 23.7. The van der Waals surface area contributed by atoms with Gasteiger partial charge < -0.3 is 9.47 Å². The van der Waals surface area contributed by atoms with Crippen LogP contribution in [0.1, 0.15) is 5.56 Å². The molecule has 0 aliphatic carbocycles. The Morgan fingerprint density at radius 1 is 0.824 bits per heavy atom. The van der Waals surface area contributed by atoms with Crippen LogP contribution in [0.2, 0.25) is 0 Å². The van der Waals surface area contributed by atoms with Crippen molar-refractivity contribution in [1.82, 2.24) is 19.7 Å². The Bertz CT molecular complexity index is 1500. The first-order chi connectivity index (χ1) is 16.6. The normalized spacial score (nSPS) is 10.9. The van der Waals surface area contributed by atoms with Gasteiger partial charge in [0.2, 0.25) is 0 Å². The first-order valence-corrected chi connectivity index (χ1v) is 11.3. The lowest BCUT2D eigenvalue weighted by atomic mass is 10.0. The van der Waals surface area contributed by atoms with E-state index in [1.54, 1.807) is 37.2 Å². The zero-order chi connectivity index (χ0) is 23.7. The Hall–Kier alpha value is -4.17. The number of aromatic nitrogens is 4. The quantitative estimate of drug-likeness (QED) is 0.316. The number of hydrogen-bond acceptors (Lipinski definition) is 6. The lowest BCUT2D eigenvalue weighted by molar-refractivity contribution is 0.356. The SMILES string of the molecule is COc1cc2nc(-n3cc(-c4ccc([S+]=O)cc4)cn3)nc(-c3ccc(C)cc3)c2cc1OC. The zero-order valence-corrected chi connectivity index (χ0v) is 19.7. The fourth-order valence-electron chi connectivity index (χ4n) is 3.76. The summed E-state index contributed by atoms with van der Waals surface area (Å²) in [5.74, 6) is 1.64. The highest BCUT2D eigenvalue weighted by molar-refractivity contribution is 7.65. The number of nitrogens with zero attached hydrogens (tertiary/aromatic N) is 4. The molecule has 5 rings (SSSR count). The summed E-state index contributed by atoms with van der Waals surface area (Å²) in [6, 6.07) is 19.3. The molecule has 0 spiro atoms. The molecule has 0 amide bonds. The van der Waals surface area contributed by atoms with Gasteiger partial charge in [0.25, 0.3) is 10.8 Å². The van der Waals surface area contributed by atoms with Crippen LogP contribution in [0.15, 0.2) is 78.0 Å². The van der Waals surface area contributed by atoms with Crippen LogP contribution >= 0.6 is 0 Å². The van der Waals surface area contributed by atoms with Crippen LogP contribution in [0.25, 0.3) is 39.2 Å². The van der Waals surface area contributed by atoms with Crippen LogP contribution in [-0.2, 0) is 15.9 Å². The first kappa shape index (κ1) is 21.7. The van der Waals surface area contributed by atoms with Gasteiger partial charge in [-0.05, 0) is 30.7 Å². The van der Waals surface area contributed by atoms with E-state index >= 15 is 0 Å². The minimum absolute atomic E-state index is 0.438. The van der Waals surface area contributed by atoms with Crippen molar-refractivity contribution in [2.45, 2.75) is 11.8 Å². The molecule has 0 unspecified atom stereocenters. The van der Waals surface area contributed by atoms with E-state index in [1.807, 2.05) is 42.6 Å². The summed E-state index contributed by atoms with van der Waals surface area (Å²) in [6.07, 6.45) is 3.63. The molecular weight excluding hydrogens is 448 g/mol. The lowest BCUT2D eigenvalue weighted by Crippen LogP contribution is -2.04. The van der Waals surface area contributed by atoms with E-state index in [0.29, 0.717) is 39.5 Å². The van der Waals surface area contributed by atoms with Gasteiger partial charge in [0.05, 0.1) is 31.6 Å². The molecule has 0 fully saturated rings. The summed E-state index contributed by atoms with van der Waals surface area (Å²) in [4.78, 5) is 10.3. The summed E-state index contributed by atoms with van der Waals surface area (Å²) in [5, 5.41) is 5.36. The maximum absolute atomic E-state index is 11.0. The van der Waals surface area contributed by atoms with Crippen molar-refractivity contribution in [3.8, 4) is 39.8 Å². The molecule has 5 aromatic rings. The highest BCUT2D eigenvalue weighted by Gasteiger charge is 2.16. The van der Waals surface area contributed by atoms with Crippen LogP contribution in [-0.4, -0.2) is 34.0 Å². The third kappa shape index (κ3) is 3.99. The van der Waals surface area contributed by atoms with E-state index in [2.05, 4.69) is 24.2 Å². The minimum Gasteiger partial charge on any atom is -0.493 e. The summed E-state index contributed by atoms with van der Waals surface area (Å²) in [7, 11) is 3.21. The monoisotopic (exact) mass is 469 g/mol. The lowest BCUT2D eigenvalue weighted by Gasteiger charge is -2.13. The van der Waals surface area contributed by atoms with Gasteiger partial charge in [-0.15, -0.1) is 0 Å². The third-order valence-electron chi connectivity index (χ3n) is 5.59. The Morgan fingerprint density at radius 3 is 2.18 bits per heavy atom. The van der Waals surface area contributed by atoms with E-state index in [1.165, 1.54) is 5.56 Å². The second-order valence-corrected chi connectivity index (χ2v) is 8.38. The molecular formula is C26H21N4O3S+. The van der Waals surface area contributed by atoms with Gasteiger partial charge in [0.15, 0.2) is 11.5 Å². The highest BCUT2D eigenvalue weighted by atomic mass is 32.1. The number of aryl methyl sites for hydroxylation is 1. The van der Waals surface area contributed by atoms with Gasteiger partial charge >= 0.3 is 11.7 Å². The smallest absolute Gasteiger partial charge is 0.493 e. The van der Waals surface area contributed by atoms with Gasteiger partial charge in [0, 0.05) is 45.1 Å². The number of fused-ring (bicyclic) bond motifs is 1. The van der Waals surface area contributed by atoms with Gasteiger partial charge in [-0.25, -0.2) is 14.6 Å². The maximum Gasteiger partial charge on any atom is 0.505 e. The molecule has 0 aliphatic rings. The molecule has 0 saturated carbocycles. The number of rotatable bonds is 6. The van der Waals surface area contributed by atoms with E-state index in [0.717, 1.165) is 27.8 Å². The van der Waals surface area contributed by atoms with Crippen molar-refractivity contribution >= 4 is 22.6 Å². The third-order valence-corrected chi connectivity index (χ3v) is 6.05. The molecule has 0 N–H and O–H groups in total. The highest BCUT2D eigenvalue weighted by Crippen LogP contribution is 2.36. The second kappa shape index (κ2) is 8.99. The number of benzene rings is 3. The van der Waals surface area contributed by atoms with Crippen LogP contribution in [0, 0.1) is 6.92 Å². The summed E-state index contributed by atoms with van der Waals surface area (Å²) >= 11 is 0.472. The van der Waals surface area contributed by atoms with Crippen LogP contribution in [0.5, 0.6) is 11.5 Å². The maximum atomic E-state index is 11.0. The average molecular weight is 470 g/mol. The van der Waals surface area contributed by atoms with E-state index < -0.39 is 0 Å². The van der Waals surface area contributed by atoms with Crippen molar-refractivity contribution in [2.24, 2.45) is 0 Å². The Kier molecular flexibility index (Phi) is 5.73. The van der Waals surface area contributed by atoms with Crippen molar-refractivity contribution in [3.63, 3.8) is 0 Å². The van der Waals surface area contributed by atoms with E-state index in [4.69, 9.17) is 19.4 Å². The summed E-state index contributed by atoms with van der Waals surface area (Å²) in [6.45, 7) is 2.05. The Labute approximate surface area is 200 Å². The van der Waals surface area contributed by atoms with Crippen molar-refractivity contribution in [2.75, 3.05) is 14.2 Å². The number of ether oxygens (including phenoxy) is 2. The van der Waals surface area contributed by atoms with Gasteiger partial charge in [-0.3, -0.25) is 0 Å². The molecule has 0 saturated heterocycles. The van der Waals surface area contributed by atoms with Crippen molar-refractivity contribution in [3.05, 3.63) is 78.6 Å². The fourth-order valence-corrected chi connectivity index (χ4v) is 4.01. The molecule has 0 aliphatic heterocycles. The van der Waals surface area contributed by atoms with Gasteiger partial charge in [-0.1, -0.05) is 29.8 Å². The van der Waals surface area contributed by atoms with Crippen molar-refractivity contribution in [1.29, 1.82) is 0 Å². The predicted molar refractivity (Wildman–Crippen MR) is 132 cm³/mol. The molecule has 34 heavy (non-hydrogen) atoms. The number of methoxy groups -OCH3 is 2. The largest absolute Gasteiger partial charge is 0.505 e. The standard InChI is InChI=1S/C26H21N4O3S/c1-16-4-6-18(7-5-16)25-21-12-23(32-2)24(33-3)13-22(21)28-26(29-25)30-15-19(14-27-30)17-8-10-20(34-31)11-9-17/h4-15H,1-3H3/q+1. The van der Waals surface area contributed by atoms with Crippen LogP contribution in [0.4, 0.5) is 0 Å². The van der Waals surface area contributed by atoms with Gasteiger partial charge in [-0.2, -0.15) is 5.10 Å². The number of hydrogen-bond donors (Lipinski definition) is 0. The fraction of sp³-hybridized carbons (Fsp3) is 0.115. The Balaban J connectivity index is 1.67. The predicted octanol–water partition coefficient (Wildman–Crippen LogP) is 5.26. The Morgan fingerprint density at radius 2 is 1.50 bits per heavy atom. The van der Waals surface area contributed by atoms with Crippen LogP contribution < -0.4 is 9.47 Å². The topological polar surface area (TPSA) is 79.1 Å². The molecule has 168 valence electrons. The first-order valence-electron chi connectivity index (χ1n) is 10.6. The van der Waals surface area contributed by atoms with Gasteiger partial charge in [0.1, 0.15) is 0 Å². The average Bonchev–Trinajstić information content (AvgIpc) is 3.38. The molecule has 8 heteroatoms. The van der Waals surface area contributed by atoms with E-state index in [-0.39, 0.29) is 0 Å². The molecule has 0 radical (unpaired) electrons.